The van der Waals surface area contributed by atoms with Crippen LogP contribution in [0.5, 0.6) is 0 Å². The fraction of sp³-hybridized carbons (Fsp3) is 0.650. The van der Waals surface area contributed by atoms with Crippen molar-refractivity contribution in [3.63, 3.8) is 0 Å². The molecule has 38 heavy (non-hydrogen) atoms. The highest BCUT2D eigenvalue weighted by Gasteiger charge is 2.43. The van der Waals surface area contributed by atoms with Crippen LogP contribution in [0.3, 0.4) is 0 Å². The van der Waals surface area contributed by atoms with Crippen molar-refractivity contribution in [2.45, 2.75) is 50.5 Å². The molecular formula is C20H34N4O12P2. The van der Waals surface area contributed by atoms with E-state index < -0.39 is 57.8 Å². The smallest absolute Gasteiger partial charge is 0.353 e. The third-order valence-corrected chi connectivity index (χ3v) is 7.40. The van der Waals surface area contributed by atoms with Crippen LogP contribution in [-0.2, 0) is 36.8 Å². The van der Waals surface area contributed by atoms with Crippen molar-refractivity contribution in [3.05, 3.63) is 38.7 Å². The number of nitrogens with zero attached hydrogens (tertiary/aromatic N) is 1. The molecule has 2 heterocycles. The number of unbranched alkanes of at least 4 members (excludes halogenated alkanes) is 3. The third-order valence-electron chi connectivity index (χ3n) is 5.46. The lowest BCUT2D eigenvalue weighted by atomic mass is 10.2. The summed E-state index contributed by atoms with van der Waals surface area (Å²) in [6.07, 6.45) is 3.29. The largest absolute Gasteiger partial charge is 0.472 e. The molecular weight excluding hydrogens is 550 g/mol. The van der Waals surface area contributed by atoms with Crippen LogP contribution < -0.4 is 22.3 Å². The highest BCUT2D eigenvalue weighted by atomic mass is 31.2. The highest BCUT2D eigenvalue weighted by molar-refractivity contribution is 7.47. The molecule has 1 aromatic heterocycles. The van der Waals surface area contributed by atoms with Crippen LogP contribution in [-0.4, -0.2) is 71.4 Å². The van der Waals surface area contributed by atoms with Crippen LogP contribution in [0.1, 0.15) is 43.9 Å². The van der Waals surface area contributed by atoms with Crippen LogP contribution in [0.25, 0.3) is 6.08 Å². The highest BCUT2D eigenvalue weighted by Crippen LogP contribution is 2.48. The SMILES string of the molecule is COP(=O)(O)OCC1OC(n2cc(/C=C/C(=O)NCCCCCCN)c(=O)[nH]c2=O)CC1OP(=O)(O)OC. The summed E-state index contributed by atoms with van der Waals surface area (Å²) in [4.78, 5) is 58.2. The first-order chi connectivity index (χ1) is 17.9. The number of phosphoric acid groups is 2. The number of hydrogen-bond donors (Lipinski definition) is 5. The van der Waals surface area contributed by atoms with Crippen molar-refractivity contribution in [1.82, 2.24) is 14.9 Å². The molecule has 2 rings (SSSR count). The Morgan fingerprint density at radius 2 is 1.89 bits per heavy atom. The molecule has 5 unspecified atom stereocenters. The molecule has 16 nitrogen and oxygen atoms in total. The molecule has 0 saturated carbocycles. The van der Waals surface area contributed by atoms with E-state index in [0.29, 0.717) is 13.1 Å². The number of amides is 1. The molecule has 0 aromatic carbocycles. The Bertz CT molecular complexity index is 1170. The number of carbonyl (C=O) groups is 1. The molecule has 1 saturated heterocycles. The molecule has 5 atom stereocenters. The number of rotatable bonds is 16. The Hall–Kier alpha value is -1.97. The van der Waals surface area contributed by atoms with Gasteiger partial charge in [0.25, 0.3) is 5.56 Å². The zero-order valence-electron chi connectivity index (χ0n) is 21.0. The van der Waals surface area contributed by atoms with Crippen molar-refractivity contribution < 1.29 is 46.5 Å². The van der Waals surface area contributed by atoms with Crippen LogP contribution in [0.2, 0.25) is 0 Å². The van der Waals surface area contributed by atoms with E-state index in [4.69, 9.17) is 19.5 Å². The number of aromatic amines is 1. The maximum atomic E-state index is 12.5. The van der Waals surface area contributed by atoms with Gasteiger partial charge in [-0.15, -0.1) is 0 Å². The molecule has 0 radical (unpaired) electrons. The van der Waals surface area contributed by atoms with Crippen molar-refractivity contribution in [2.24, 2.45) is 5.73 Å². The molecule has 6 N–H and O–H groups in total. The van der Waals surface area contributed by atoms with Crippen molar-refractivity contribution in [3.8, 4) is 0 Å². The zero-order chi connectivity index (χ0) is 28.3. The number of nitrogens with one attached hydrogen (secondary N) is 2. The minimum Gasteiger partial charge on any atom is -0.353 e. The fourth-order valence-corrected chi connectivity index (χ4v) is 4.55. The van der Waals surface area contributed by atoms with Crippen molar-refractivity contribution >= 4 is 27.6 Å². The molecule has 18 heteroatoms. The van der Waals surface area contributed by atoms with Gasteiger partial charge in [0, 0.05) is 39.5 Å². The molecule has 1 amide bonds. The van der Waals surface area contributed by atoms with Gasteiger partial charge in [-0.05, 0) is 25.5 Å². The zero-order valence-corrected chi connectivity index (χ0v) is 22.8. The van der Waals surface area contributed by atoms with Gasteiger partial charge in [-0.1, -0.05) is 12.8 Å². The molecule has 1 fully saturated rings. The topological polar surface area (TPSA) is 231 Å². The third kappa shape index (κ3) is 10.3. The van der Waals surface area contributed by atoms with Crippen LogP contribution >= 0.6 is 15.6 Å². The predicted molar refractivity (Wildman–Crippen MR) is 134 cm³/mol. The lowest BCUT2D eigenvalue weighted by Gasteiger charge is -2.21. The van der Waals surface area contributed by atoms with Gasteiger partial charge in [-0.2, -0.15) is 0 Å². The minimum absolute atomic E-state index is 0.0487. The Balaban J connectivity index is 2.16. The standard InChI is InChI=1S/C20H34N4O12P2/c1-32-37(28,29)34-13-16-15(36-38(30,31)33-2)11-18(35-16)24-12-14(19(26)23-20(24)27)7-8-17(25)22-10-6-4-3-5-9-21/h7-8,12,15-16,18H,3-6,9-11,13,21H2,1-2H3,(H,22,25)(H,28,29)(H,30,31)(H,23,26,27)/b8-7+. The van der Waals surface area contributed by atoms with Gasteiger partial charge in [-0.3, -0.25) is 37.2 Å². The number of carbonyl (C=O) groups excluding carboxylic acids is 1. The summed E-state index contributed by atoms with van der Waals surface area (Å²) in [7, 11) is -7.07. The first-order valence-corrected chi connectivity index (χ1v) is 14.7. The lowest BCUT2D eigenvalue weighted by molar-refractivity contribution is -0.116. The number of nitrogens with two attached hydrogens (primary N) is 1. The average molecular weight is 584 g/mol. The van der Waals surface area contributed by atoms with E-state index in [0.717, 1.165) is 56.7 Å². The summed E-state index contributed by atoms with van der Waals surface area (Å²) in [6.45, 7) is 0.460. The molecule has 216 valence electrons. The number of H-pyrrole nitrogens is 1. The van der Waals surface area contributed by atoms with E-state index in [1.165, 1.54) is 6.08 Å². The maximum Gasteiger partial charge on any atom is 0.472 e. The second kappa shape index (κ2) is 15.0. The number of ether oxygens (including phenoxy) is 1. The Labute approximate surface area is 218 Å². The van der Waals surface area contributed by atoms with E-state index in [1.54, 1.807) is 0 Å². The minimum atomic E-state index is -4.52. The number of hydrogen-bond acceptors (Lipinski definition) is 11. The van der Waals surface area contributed by atoms with E-state index in [9.17, 15) is 33.3 Å². The van der Waals surface area contributed by atoms with Crippen molar-refractivity contribution in [1.29, 1.82) is 0 Å². The van der Waals surface area contributed by atoms with E-state index in [2.05, 4.69) is 19.3 Å². The first-order valence-electron chi connectivity index (χ1n) is 11.7. The van der Waals surface area contributed by atoms with Gasteiger partial charge < -0.3 is 25.6 Å². The second-order valence-electron chi connectivity index (χ2n) is 8.19. The lowest BCUT2D eigenvalue weighted by Crippen LogP contribution is -2.33. The quantitative estimate of drug-likeness (QED) is 0.101. The van der Waals surface area contributed by atoms with E-state index in [1.807, 2.05) is 0 Å². The maximum absolute atomic E-state index is 12.5. The Morgan fingerprint density at radius 3 is 2.55 bits per heavy atom. The van der Waals surface area contributed by atoms with Gasteiger partial charge in [-0.25, -0.2) is 13.9 Å². The van der Waals surface area contributed by atoms with Gasteiger partial charge in [0.15, 0.2) is 0 Å². The summed E-state index contributed by atoms with van der Waals surface area (Å²) >= 11 is 0. The molecule has 0 bridgehead atoms. The van der Waals surface area contributed by atoms with E-state index in [-0.39, 0.29) is 12.0 Å². The Kier molecular flexibility index (Phi) is 12.7. The summed E-state index contributed by atoms with van der Waals surface area (Å²) in [5, 5.41) is 2.69. The van der Waals surface area contributed by atoms with Crippen molar-refractivity contribution in [2.75, 3.05) is 33.9 Å². The molecule has 1 aliphatic rings. The molecule has 0 spiro atoms. The van der Waals surface area contributed by atoms with Crippen LogP contribution in [0.15, 0.2) is 21.9 Å². The predicted octanol–water partition coefficient (Wildman–Crippen LogP) is 0.368. The van der Waals surface area contributed by atoms with Gasteiger partial charge >= 0.3 is 21.3 Å². The van der Waals surface area contributed by atoms with Gasteiger partial charge in [0.2, 0.25) is 5.91 Å². The number of phosphoric ester groups is 2. The van der Waals surface area contributed by atoms with Gasteiger partial charge in [0.1, 0.15) is 18.4 Å². The second-order valence-corrected chi connectivity index (χ2v) is 11.3. The average Bonchev–Trinajstić information content (AvgIpc) is 3.25. The monoisotopic (exact) mass is 584 g/mol. The Morgan fingerprint density at radius 1 is 1.21 bits per heavy atom. The van der Waals surface area contributed by atoms with E-state index >= 15 is 0 Å². The van der Waals surface area contributed by atoms with Crippen LogP contribution in [0.4, 0.5) is 0 Å². The molecule has 1 aromatic rings. The van der Waals surface area contributed by atoms with Crippen LogP contribution in [0, 0.1) is 0 Å². The van der Waals surface area contributed by atoms with Gasteiger partial charge in [0.05, 0.1) is 12.2 Å². The summed E-state index contributed by atoms with van der Waals surface area (Å²) < 4.78 is 48.9. The first kappa shape index (κ1) is 32.2. The fourth-order valence-electron chi connectivity index (χ4n) is 3.46. The summed E-state index contributed by atoms with van der Waals surface area (Å²) in [6, 6.07) is 0. The molecule has 1 aliphatic heterocycles. The number of aromatic nitrogens is 2. The normalized spacial score (nSPS) is 22.8. The summed E-state index contributed by atoms with van der Waals surface area (Å²) in [5.74, 6) is -0.436. The summed E-state index contributed by atoms with van der Waals surface area (Å²) in [5.41, 5.74) is 3.76. The molecule has 0 aliphatic carbocycles.